The number of benzene rings is 2. The average Bonchev–Trinajstić information content (AvgIpc) is 3.20. The lowest BCUT2D eigenvalue weighted by Crippen LogP contribution is -2.35. The lowest BCUT2D eigenvalue weighted by atomic mass is 10.1. The second-order valence-electron chi connectivity index (χ2n) is 6.73. The summed E-state index contributed by atoms with van der Waals surface area (Å²) in [4.78, 5) is 6.77. The van der Waals surface area contributed by atoms with Crippen LogP contribution in [0.25, 0.3) is 0 Å². The van der Waals surface area contributed by atoms with Gasteiger partial charge < -0.3 is 25.0 Å². The molecule has 1 unspecified atom stereocenters. The van der Waals surface area contributed by atoms with Crippen molar-refractivity contribution in [2.24, 2.45) is 10.9 Å². The van der Waals surface area contributed by atoms with Crippen molar-refractivity contribution in [3.8, 4) is 11.5 Å². The normalized spacial score (nSPS) is 16.8. The van der Waals surface area contributed by atoms with Gasteiger partial charge in [-0.1, -0.05) is 15.9 Å². The fraction of sp³-hybridized carbons (Fsp3) is 0.381. The van der Waals surface area contributed by atoms with Crippen LogP contribution in [0.1, 0.15) is 6.42 Å². The van der Waals surface area contributed by atoms with Gasteiger partial charge in [0.1, 0.15) is 0 Å². The minimum atomic E-state index is 0.576. The number of nitrogens with zero attached hydrogens (tertiary/aromatic N) is 2. The summed E-state index contributed by atoms with van der Waals surface area (Å²) in [5, 5.41) is 6.75. The Morgan fingerprint density at radius 2 is 1.89 bits per heavy atom. The van der Waals surface area contributed by atoms with Crippen molar-refractivity contribution in [3.63, 3.8) is 0 Å². The Kier molecular flexibility index (Phi) is 7.03. The van der Waals surface area contributed by atoms with Gasteiger partial charge in [-0.2, -0.15) is 0 Å². The van der Waals surface area contributed by atoms with Gasteiger partial charge in [-0.15, -0.1) is 0 Å². The van der Waals surface area contributed by atoms with Gasteiger partial charge in [-0.25, -0.2) is 0 Å². The van der Waals surface area contributed by atoms with E-state index in [9.17, 15) is 0 Å². The summed E-state index contributed by atoms with van der Waals surface area (Å²) in [5.41, 5.74) is 2.17. The molecule has 0 spiro atoms. The third kappa shape index (κ3) is 5.10. The molecule has 2 aromatic rings. The van der Waals surface area contributed by atoms with Gasteiger partial charge in [0.15, 0.2) is 17.5 Å². The van der Waals surface area contributed by atoms with E-state index in [0.29, 0.717) is 17.4 Å². The molecule has 1 aliphatic heterocycles. The third-order valence-corrected chi connectivity index (χ3v) is 5.43. The van der Waals surface area contributed by atoms with Crippen molar-refractivity contribution in [1.29, 1.82) is 0 Å². The van der Waals surface area contributed by atoms with Crippen molar-refractivity contribution in [3.05, 3.63) is 46.9 Å². The van der Waals surface area contributed by atoms with E-state index in [-0.39, 0.29) is 0 Å². The summed E-state index contributed by atoms with van der Waals surface area (Å²) in [7, 11) is 5.04. The van der Waals surface area contributed by atoms with Crippen LogP contribution in [0.15, 0.2) is 51.9 Å². The number of methoxy groups -OCH3 is 2. The van der Waals surface area contributed by atoms with Gasteiger partial charge in [0.05, 0.1) is 14.2 Å². The molecule has 1 atom stereocenters. The highest BCUT2D eigenvalue weighted by molar-refractivity contribution is 9.10. The molecular weight excluding hydrogens is 420 g/mol. The molecular formula is C21H27BrN4O2. The first-order valence-electron chi connectivity index (χ1n) is 9.33. The summed E-state index contributed by atoms with van der Waals surface area (Å²) < 4.78 is 11.8. The molecule has 1 heterocycles. The van der Waals surface area contributed by atoms with Crippen LogP contribution >= 0.6 is 15.9 Å². The molecule has 0 aromatic heterocycles. The van der Waals surface area contributed by atoms with Crippen molar-refractivity contribution in [2.75, 3.05) is 51.1 Å². The zero-order chi connectivity index (χ0) is 19.9. The molecule has 2 N–H and O–H groups in total. The van der Waals surface area contributed by atoms with E-state index in [4.69, 9.17) is 9.47 Å². The molecule has 0 amide bonds. The molecule has 28 heavy (non-hydrogen) atoms. The molecule has 3 rings (SSSR count). The lowest BCUT2D eigenvalue weighted by molar-refractivity contribution is 0.355. The Balaban J connectivity index is 1.53. The van der Waals surface area contributed by atoms with Gasteiger partial charge in [0, 0.05) is 48.6 Å². The van der Waals surface area contributed by atoms with Crippen LogP contribution in [0.5, 0.6) is 11.5 Å². The molecule has 1 aliphatic rings. The van der Waals surface area contributed by atoms with Gasteiger partial charge >= 0.3 is 0 Å². The van der Waals surface area contributed by atoms with Crippen molar-refractivity contribution >= 4 is 33.3 Å². The number of rotatable bonds is 6. The predicted octanol–water partition coefficient (Wildman–Crippen LogP) is 3.98. The molecule has 6 nitrogen and oxygen atoms in total. The maximum atomic E-state index is 5.36. The monoisotopic (exact) mass is 446 g/mol. The molecule has 0 aliphatic carbocycles. The lowest BCUT2D eigenvalue weighted by Gasteiger charge is -2.19. The van der Waals surface area contributed by atoms with Crippen LogP contribution in [-0.4, -0.2) is 46.9 Å². The van der Waals surface area contributed by atoms with Crippen LogP contribution in [0, 0.1) is 5.92 Å². The Morgan fingerprint density at radius 1 is 1.14 bits per heavy atom. The smallest absolute Gasteiger partial charge is 0.195 e. The standard InChI is InChI=1S/C21H27BrN4O2/c1-23-21(25-17-6-9-19(27-2)20(12-17)28-3)24-13-15-10-11-26(14-15)18-7-4-16(22)5-8-18/h4-9,12,15H,10-11,13-14H2,1-3H3,(H2,23,24,25). The van der Waals surface area contributed by atoms with Crippen LogP contribution in [0.2, 0.25) is 0 Å². The fourth-order valence-corrected chi connectivity index (χ4v) is 3.62. The highest BCUT2D eigenvalue weighted by atomic mass is 79.9. The Hall–Kier alpha value is -2.41. The minimum Gasteiger partial charge on any atom is -0.493 e. The molecule has 0 saturated carbocycles. The summed E-state index contributed by atoms with van der Waals surface area (Å²) in [6.07, 6.45) is 1.16. The Morgan fingerprint density at radius 3 is 2.57 bits per heavy atom. The van der Waals surface area contributed by atoms with Crippen LogP contribution < -0.4 is 25.0 Å². The van der Waals surface area contributed by atoms with Crippen LogP contribution in [0.4, 0.5) is 11.4 Å². The van der Waals surface area contributed by atoms with E-state index in [2.05, 4.69) is 60.7 Å². The quantitative estimate of drug-likeness (QED) is 0.518. The summed E-state index contributed by atoms with van der Waals surface area (Å²) >= 11 is 3.50. The number of halogens is 1. The first-order valence-corrected chi connectivity index (χ1v) is 10.1. The summed E-state index contributed by atoms with van der Waals surface area (Å²) in [6.45, 7) is 3.00. The van der Waals surface area contributed by atoms with Crippen molar-refractivity contribution < 1.29 is 9.47 Å². The number of hydrogen-bond donors (Lipinski definition) is 2. The zero-order valence-electron chi connectivity index (χ0n) is 16.5. The van der Waals surface area contributed by atoms with Crippen LogP contribution in [0.3, 0.4) is 0 Å². The van der Waals surface area contributed by atoms with Gasteiger partial charge in [-0.05, 0) is 48.7 Å². The van der Waals surface area contributed by atoms with Gasteiger partial charge in [0.25, 0.3) is 0 Å². The highest BCUT2D eigenvalue weighted by Gasteiger charge is 2.22. The first-order chi connectivity index (χ1) is 13.6. The van der Waals surface area contributed by atoms with E-state index in [0.717, 1.165) is 42.2 Å². The summed E-state index contributed by atoms with van der Waals surface area (Å²) in [5.74, 6) is 2.71. The molecule has 0 radical (unpaired) electrons. The van der Waals surface area contributed by atoms with E-state index in [1.807, 2.05) is 18.2 Å². The van der Waals surface area contributed by atoms with E-state index < -0.39 is 0 Å². The molecule has 7 heteroatoms. The molecule has 1 fully saturated rings. The Bertz CT molecular complexity index is 811. The molecule has 2 aromatic carbocycles. The topological polar surface area (TPSA) is 58.1 Å². The van der Waals surface area contributed by atoms with E-state index in [1.54, 1.807) is 21.3 Å². The second-order valence-corrected chi connectivity index (χ2v) is 7.64. The predicted molar refractivity (Wildman–Crippen MR) is 119 cm³/mol. The first kappa shape index (κ1) is 20.3. The number of anilines is 2. The second kappa shape index (κ2) is 9.68. The molecule has 150 valence electrons. The molecule has 1 saturated heterocycles. The molecule has 0 bridgehead atoms. The minimum absolute atomic E-state index is 0.576. The number of nitrogens with one attached hydrogen (secondary N) is 2. The Labute approximate surface area is 175 Å². The number of guanidine groups is 1. The van der Waals surface area contributed by atoms with Gasteiger partial charge in [-0.3, -0.25) is 4.99 Å². The number of aliphatic imine (C=N–C) groups is 1. The van der Waals surface area contributed by atoms with E-state index >= 15 is 0 Å². The van der Waals surface area contributed by atoms with Gasteiger partial charge in [0.2, 0.25) is 0 Å². The maximum absolute atomic E-state index is 5.36. The maximum Gasteiger partial charge on any atom is 0.195 e. The van der Waals surface area contributed by atoms with Crippen molar-refractivity contribution in [2.45, 2.75) is 6.42 Å². The zero-order valence-corrected chi connectivity index (χ0v) is 18.1. The third-order valence-electron chi connectivity index (χ3n) is 4.91. The fourth-order valence-electron chi connectivity index (χ4n) is 3.36. The summed E-state index contributed by atoms with van der Waals surface area (Å²) in [6, 6.07) is 14.2. The SMILES string of the molecule is CN=C(NCC1CCN(c2ccc(Br)cc2)C1)Nc1ccc(OC)c(OC)c1. The largest absolute Gasteiger partial charge is 0.493 e. The van der Waals surface area contributed by atoms with Crippen molar-refractivity contribution in [1.82, 2.24) is 5.32 Å². The average molecular weight is 447 g/mol. The number of ether oxygens (including phenoxy) is 2. The van der Waals surface area contributed by atoms with Crippen LogP contribution in [-0.2, 0) is 0 Å². The highest BCUT2D eigenvalue weighted by Crippen LogP contribution is 2.29. The van der Waals surface area contributed by atoms with E-state index in [1.165, 1.54) is 5.69 Å². The number of hydrogen-bond acceptors (Lipinski definition) is 4.